The number of carbonyl (C=O) groups is 1. The molecular formula is C14H19ClN2O3S. The molecule has 0 aromatic heterocycles. The normalized spacial score (nSPS) is 21.3. The molecule has 0 radical (unpaired) electrons. The fourth-order valence-corrected chi connectivity index (χ4v) is 3.73. The highest BCUT2D eigenvalue weighted by Crippen LogP contribution is 2.47. The van der Waals surface area contributed by atoms with E-state index in [0.29, 0.717) is 24.5 Å². The van der Waals surface area contributed by atoms with Crippen LogP contribution in [0.15, 0.2) is 24.3 Å². The van der Waals surface area contributed by atoms with Crippen LogP contribution in [0.5, 0.6) is 0 Å². The standard InChI is InChI=1S/C14H19ClN2O3S/c1-3-17(4-2)21(19,20)16-14(18)13-9-12(13)10-5-7-11(15)8-6-10/h5-8,12-13H,3-4,9H2,1-2H3,(H,16,18)/t12-,13+/m0/s1. The second-order valence-corrected chi connectivity index (χ2v) is 7.16. The minimum absolute atomic E-state index is 0.0779. The molecule has 0 saturated heterocycles. The number of rotatable bonds is 6. The second-order valence-electron chi connectivity index (χ2n) is 5.06. The molecule has 1 aromatic carbocycles. The lowest BCUT2D eigenvalue weighted by atomic mass is 10.1. The van der Waals surface area contributed by atoms with Crippen molar-refractivity contribution in [2.45, 2.75) is 26.2 Å². The van der Waals surface area contributed by atoms with E-state index < -0.39 is 16.1 Å². The lowest BCUT2D eigenvalue weighted by molar-refractivity contribution is -0.120. The van der Waals surface area contributed by atoms with Crippen molar-refractivity contribution < 1.29 is 13.2 Å². The third-order valence-corrected chi connectivity index (χ3v) is 5.61. The average Bonchev–Trinajstić information content (AvgIpc) is 3.20. The third kappa shape index (κ3) is 3.75. The lowest BCUT2D eigenvalue weighted by Crippen LogP contribution is -2.44. The maximum Gasteiger partial charge on any atom is 0.303 e. The molecule has 2 rings (SSSR count). The zero-order valence-corrected chi connectivity index (χ0v) is 13.6. The Morgan fingerprint density at radius 2 is 1.86 bits per heavy atom. The van der Waals surface area contributed by atoms with Gasteiger partial charge in [-0.05, 0) is 30.0 Å². The zero-order valence-electron chi connectivity index (χ0n) is 12.0. The molecule has 1 amide bonds. The highest BCUT2D eigenvalue weighted by atomic mass is 35.5. The molecule has 5 nitrogen and oxygen atoms in total. The second kappa shape index (κ2) is 6.34. The summed E-state index contributed by atoms with van der Waals surface area (Å²) in [5.74, 6) is -0.632. The molecule has 1 N–H and O–H groups in total. The predicted octanol–water partition coefficient (Wildman–Crippen LogP) is 2.15. The van der Waals surface area contributed by atoms with Crippen LogP contribution in [0, 0.1) is 5.92 Å². The van der Waals surface area contributed by atoms with Crippen LogP contribution in [-0.4, -0.2) is 31.7 Å². The van der Waals surface area contributed by atoms with Crippen molar-refractivity contribution in [1.29, 1.82) is 0 Å². The molecule has 21 heavy (non-hydrogen) atoms. The van der Waals surface area contributed by atoms with Gasteiger partial charge in [-0.2, -0.15) is 12.7 Å². The smallest absolute Gasteiger partial charge is 0.274 e. The molecule has 0 heterocycles. The van der Waals surface area contributed by atoms with E-state index >= 15 is 0 Å². The summed E-state index contributed by atoms with van der Waals surface area (Å²) in [6, 6.07) is 7.30. The minimum Gasteiger partial charge on any atom is -0.274 e. The van der Waals surface area contributed by atoms with Crippen molar-refractivity contribution in [2.75, 3.05) is 13.1 Å². The van der Waals surface area contributed by atoms with E-state index in [0.717, 1.165) is 5.56 Å². The maximum absolute atomic E-state index is 12.1. The summed E-state index contributed by atoms with van der Waals surface area (Å²) in [7, 11) is -3.73. The first-order chi connectivity index (χ1) is 9.89. The molecule has 0 bridgehead atoms. The third-order valence-electron chi connectivity index (χ3n) is 3.70. The predicted molar refractivity (Wildman–Crippen MR) is 82.3 cm³/mol. The Balaban J connectivity index is 1.99. The average molecular weight is 331 g/mol. The van der Waals surface area contributed by atoms with Crippen LogP contribution in [-0.2, 0) is 15.0 Å². The zero-order chi connectivity index (χ0) is 15.6. The van der Waals surface area contributed by atoms with Crippen molar-refractivity contribution in [3.8, 4) is 0 Å². The van der Waals surface area contributed by atoms with Gasteiger partial charge >= 0.3 is 10.2 Å². The van der Waals surface area contributed by atoms with Crippen LogP contribution in [0.2, 0.25) is 5.02 Å². The van der Waals surface area contributed by atoms with E-state index in [1.807, 2.05) is 12.1 Å². The monoisotopic (exact) mass is 330 g/mol. The molecule has 1 aliphatic rings. The van der Waals surface area contributed by atoms with Gasteiger partial charge in [0.25, 0.3) is 0 Å². The molecule has 116 valence electrons. The van der Waals surface area contributed by atoms with E-state index in [4.69, 9.17) is 11.6 Å². The maximum atomic E-state index is 12.1. The van der Waals surface area contributed by atoms with Gasteiger partial charge in [0.05, 0.1) is 0 Å². The Bertz CT molecular complexity index is 612. The van der Waals surface area contributed by atoms with Gasteiger partial charge in [0.2, 0.25) is 5.91 Å². The molecule has 7 heteroatoms. The number of carbonyl (C=O) groups excluding carboxylic acids is 1. The number of nitrogens with one attached hydrogen (secondary N) is 1. The van der Waals surface area contributed by atoms with Gasteiger partial charge in [0.15, 0.2) is 0 Å². The van der Waals surface area contributed by atoms with Crippen molar-refractivity contribution >= 4 is 27.7 Å². The van der Waals surface area contributed by atoms with Crippen LogP contribution in [0.3, 0.4) is 0 Å². The molecule has 1 aromatic rings. The van der Waals surface area contributed by atoms with Crippen molar-refractivity contribution in [2.24, 2.45) is 5.92 Å². The summed E-state index contributed by atoms with van der Waals surface area (Å²) in [4.78, 5) is 12.1. The van der Waals surface area contributed by atoms with Crippen LogP contribution in [0.25, 0.3) is 0 Å². The summed E-state index contributed by atoms with van der Waals surface area (Å²) in [6.07, 6.45) is 0.668. The van der Waals surface area contributed by atoms with Crippen LogP contribution >= 0.6 is 11.6 Å². The summed E-state index contributed by atoms with van der Waals surface area (Å²) in [6.45, 7) is 4.15. The number of hydrogen-bond donors (Lipinski definition) is 1. The van der Waals surface area contributed by atoms with E-state index in [2.05, 4.69) is 4.72 Å². The van der Waals surface area contributed by atoms with E-state index in [9.17, 15) is 13.2 Å². The van der Waals surface area contributed by atoms with Crippen LogP contribution < -0.4 is 4.72 Å². The molecule has 0 unspecified atom stereocenters. The summed E-state index contributed by atoms with van der Waals surface area (Å²) in [5, 5.41) is 0.643. The topological polar surface area (TPSA) is 66.5 Å². The number of amides is 1. The van der Waals surface area contributed by atoms with Crippen LogP contribution in [0.4, 0.5) is 0 Å². The number of hydrogen-bond acceptors (Lipinski definition) is 3. The Morgan fingerprint density at radius 1 is 1.29 bits per heavy atom. The molecule has 1 saturated carbocycles. The Labute approximate surface area is 130 Å². The molecule has 0 spiro atoms. The fourth-order valence-electron chi connectivity index (χ4n) is 2.39. The van der Waals surface area contributed by atoms with Gasteiger partial charge < -0.3 is 0 Å². The largest absolute Gasteiger partial charge is 0.303 e. The lowest BCUT2D eigenvalue weighted by Gasteiger charge is -2.18. The van der Waals surface area contributed by atoms with E-state index in [-0.39, 0.29) is 11.8 Å². The summed E-state index contributed by atoms with van der Waals surface area (Å²) < 4.78 is 27.4. The van der Waals surface area contributed by atoms with Gasteiger partial charge in [-0.1, -0.05) is 37.6 Å². The summed E-state index contributed by atoms with van der Waals surface area (Å²) >= 11 is 5.83. The highest BCUT2D eigenvalue weighted by Gasteiger charge is 2.45. The first-order valence-corrected chi connectivity index (χ1v) is 8.78. The van der Waals surface area contributed by atoms with Crippen LogP contribution in [0.1, 0.15) is 31.7 Å². The van der Waals surface area contributed by atoms with Crippen molar-refractivity contribution in [3.05, 3.63) is 34.9 Å². The van der Waals surface area contributed by atoms with Gasteiger partial charge in [-0.25, -0.2) is 4.72 Å². The fraction of sp³-hybridized carbons (Fsp3) is 0.500. The van der Waals surface area contributed by atoms with Gasteiger partial charge in [0.1, 0.15) is 0 Å². The number of nitrogens with zero attached hydrogens (tertiary/aromatic N) is 1. The van der Waals surface area contributed by atoms with E-state index in [1.54, 1.807) is 26.0 Å². The van der Waals surface area contributed by atoms with Crippen molar-refractivity contribution in [3.63, 3.8) is 0 Å². The number of halogens is 1. The molecular weight excluding hydrogens is 312 g/mol. The molecule has 1 fully saturated rings. The molecule has 0 aliphatic heterocycles. The number of benzene rings is 1. The molecule has 2 atom stereocenters. The van der Waals surface area contributed by atoms with Gasteiger partial charge in [-0.15, -0.1) is 0 Å². The first-order valence-electron chi connectivity index (χ1n) is 6.96. The van der Waals surface area contributed by atoms with E-state index in [1.165, 1.54) is 4.31 Å². The molecule has 1 aliphatic carbocycles. The van der Waals surface area contributed by atoms with Crippen molar-refractivity contribution in [1.82, 2.24) is 9.03 Å². The SMILES string of the molecule is CCN(CC)S(=O)(=O)NC(=O)[C@@H]1C[C@H]1c1ccc(Cl)cc1. The highest BCUT2D eigenvalue weighted by molar-refractivity contribution is 7.87. The quantitative estimate of drug-likeness (QED) is 0.869. The summed E-state index contributed by atoms with van der Waals surface area (Å²) in [5.41, 5.74) is 1.01. The minimum atomic E-state index is -3.73. The Kier molecular flexibility index (Phi) is 4.91. The van der Waals surface area contributed by atoms with Gasteiger partial charge in [-0.3, -0.25) is 4.79 Å². The van der Waals surface area contributed by atoms with Gasteiger partial charge in [0, 0.05) is 24.0 Å². The first kappa shape index (κ1) is 16.3. The Hall–Kier alpha value is -1.11. The Morgan fingerprint density at radius 3 is 2.38 bits per heavy atom.